The van der Waals surface area contributed by atoms with Crippen LogP contribution in [0.1, 0.15) is 16.4 Å². The minimum Gasteiger partial charge on any atom is -0.309 e. The van der Waals surface area contributed by atoms with Crippen molar-refractivity contribution in [1.82, 2.24) is 19.5 Å². The summed E-state index contributed by atoms with van der Waals surface area (Å²) in [4.78, 5) is 16.5. The summed E-state index contributed by atoms with van der Waals surface area (Å²) in [5.74, 6) is 1.93. The molecule has 0 aliphatic carbocycles. The molecule has 7 aromatic carbocycles. The lowest BCUT2D eigenvalue weighted by atomic mass is 10.0. The fraction of sp³-hybridized carbons (Fsp3) is 0.0426. The summed E-state index contributed by atoms with van der Waals surface area (Å²) in [6, 6.07) is 62.0. The molecule has 1 atom stereocenters. The second-order valence-corrected chi connectivity index (χ2v) is 14.4. The smallest absolute Gasteiger partial charge is 0.164 e. The molecular weight excluding hydrogens is 653 g/mol. The van der Waals surface area contributed by atoms with Crippen molar-refractivity contribution in [3.8, 4) is 51.0 Å². The third kappa shape index (κ3) is 5.38. The number of rotatable bonds is 6. The predicted molar refractivity (Wildman–Crippen MR) is 215 cm³/mol. The van der Waals surface area contributed by atoms with Crippen molar-refractivity contribution < 1.29 is 0 Å². The topological polar surface area (TPSA) is 43.6 Å². The molecule has 0 bridgehead atoms. The summed E-state index contributed by atoms with van der Waals surface area (Å²) in [7, 11) is 0. The molecule has 0 saturated heterocycles. The summed E-state index contributed by atoms with van der Waals surface area (Å²) in [5.41, 5.74) is 11.4. The highest BCUT2D eigenvalue weighted by Crippen LogP contribution is 2.51. The van der Waals surface area contributed by atoms with Crippen LogP contribution in [-0.2, 0) is 6.42 Å². The van der Waals surface area contributed by atoms with Crippen LogP contribution in [0.5, 0.6) is 0 Å². The molecule has 1 unspecified atom stereocenters. The number of aromatic nitrogens is 4. The fourth-order valence-electron chi connectivity index (χ4n) is 7.46. The molecule has 1 aliphatic rings. The maximum absolute atomic E-state index is 5.10. The first-order chi connectivity index (χ1) is 25.8. The lowest BCUT2D eigenvalue weighted by molar-refractivity contribution is 0.951. The molecule has 0 saturated carbocycles. The van der Waals surface area contributed by atoms with E-state index >= 15 is 0 Å². The van der Waals surface area contributed by atoms with Crippen molar-refractivity contribution in [2.45, 2.75) is 16.6 Å². The zero-order valence-corrected chi connectivity index (χ0v) is 29.0. The summed E-state index contributed by atoms with van der Waals surface area (Å²) >= 11 is 2.00. The second-order valence-electron chi connectivity index (χ2n) is 13.2. The standard InChI is InChI=1S/C47H32N4S/c1-4-13-31(14-5-1)32-23-25-35(26-24-32)46-48-45(34-17-8-3-9-18-34)49-47(50-46)37-19-12-20-38(29-37)51-40-22-11-10-21-39(40)43-41(51)28-27-36-30-42(52-44(36)43)33-15-6-2-7-16-33/h1-29,42H,30H2. The highest BCUT2D eigenvalue weighted by atomic mass is 32.2. The quantitative estimate of drug-likeness (QED) is 0.175. The summed E-state index contributed by atoms with van der Waals surface area (Å²) < 4.78 is 2.40. The van der Waals surface area contributed by atoms with Gasteiger partial charge in [0, 0.05) is 43.3 Å². The van der Waals surface area contributed by atoms with Gasteiger partial charge >= 0.3 is 0 Å². The first-order valence-electron chi connectivity index (χ1n) is 17.6. The van der Waals surface area contributed by atoms with Gasteiger partial charge in [0.05, 0.1) is 11.0 Å². The van der Waals surface area contributed by atoms with Crippen molar-refractivity contribution in [3.63, 3.8) is 0 Å². The molecule has 9 aromatic rings. The molecule has 0 N–H and O–H groups in total. The Morgan fingerprint density at radius 3 is 1.75 bits per heavy atom. The van der Waals surface area contributed by atoms with Crippen molar-refractivity contribution >= 4 is 33.6 Å². The average molecular weight is 685 g/mol. The molecule has 0 fully saturated rings. The van der Waals surface area contributed by atoms with E-state index in [9.17, 15) is 0 Å². The second kappa shape index (κ2) is 12.8. The van der Waals surface area contributed by atoms with E-state index in [1.54, 1.807) is 0 Å². The Hall–Kier alpha value is -6.30. The lowest BCUT2D eigenvalue weighted by Gasteiger charge is -2.12. The van der Waals surface area contributed by atoms with Crippen LogP contribution in [0, 0.1) is 0 Å². The lowest BCUT2D eigenvalue weighted by Crippen LogP contribution is -2.01. The number of hydrogen-bond acceptors (Lipinski definition) is 4. The summed E-state index contributed by atoms with van der Waals surface area (Å²) in [6.45, 7) is 0. The Bertz CT molecular complexity index is 2720. The van der Waals surface area contributed by atoms with Crippen LogP contribution in [0.15, 0.2) is 181 Å². The Kier molecular flexibility index (Phi) is 7.51. The maximum atomic E-state index is 5.10. The minimum absolute atomic E-state index is 0.415. The molecule has 0 amide bonds. The van der Waals surface area contributed by atoms with Gasteiger partial charge in [-0.05, 0) is 52.9 Å². The van der Waals surface area contributed by atoms with Crippen LogP contribution < -0.4 is 0 Å². The molecule has 1 aliphatic heterocycles. The third-order valence-corrected chi connectivity index (χ3v) is 11.4. The maximum Gasteiger partial charge on any atom is 0.164 e. The molecule has 52 heavy (non-hydrogen) atoms. The van der Waals surface area contributed by atoms with E-state index in [-0.39, 0.29) is 0 Å². The van der Waals surface area contributed by atoms with Gasteiger partial charge in [-0.2, -0.15) is 0 Å². The van der Waals surface area contributed by atoms with Crippen molar-refractivity contribution in [2.24, 2.45) is 0 Å². The Morgan fingerprint density at radius 1 is 0.462 bits per heavy atom. The zero-order valence-electron chi connectivity index (χ0n) is 28.2. The fourth-order valence-corrected chi connectivity index (χ4v) is 8.94. The van der Waals surface area contributed by atoms with Crippen LogP contribution >= 0.6 is 11.8 Å². The molecule has 0 radical (unpaired) electrons. The zero-order chi connectivity index (χ0) is 34.4. The average Bonchev–Trinajstić information content (AvgIpc) is 3.82. The number of hydrogen-bond donors (Lipinski definition) is 0. The molecule has 2 aromatic heterocycles. The molecule has 0 spiro atoms. The van der Waals surface area contributed by atoms with Crippen molar-refractivity contribution in [2.75, 3.05) is 0 Å². The first-order valence-corrected chi connectivity index (χ1v) is 18.5. The largest absolute Gasteiger partial charge is 0.309 e. The third-order valence-electron chi connectivity index (χ3n) is 9.99. The molecule has 10 rings (SSSR count). The summed E-state index contributed by atoms with van der Waals surface area (Å²) in [6.07, 6.45) is 1.04. The van der Waals surface area contributed by atoms with Crippen LogP contribution in [0.2, 0.25) is 0 Å². The van der Waals surface area contributed by atoms with E-state index < -0.39 is 0 Å². The van der Waals surface area contributed by atoms with E-state index in [4.69, 9.17) is 15.0 Å². The van der Waals surface area contributed by atoms with Gasteiger partial charge in [0.25, 0.3) is 0 Å². The van der Waals surface area contributed by atoms with Gasteiger partial charge in [-0.15, -0.1) is 11.8 Å². The highest BCUT2D eigenvalue weighted by molar-refractivity contribution is 8.00. The van der Waals surface area contributed by atoms with Gasteiger partial charge in [-0.1, -0.05) is 152 Å². The van der Waals surface area contributed by atoms with Crippen LogP contribution in [-0.4, -0.2) is 19.5 Å². The monoisotopic (exact) mass is 684 g/mol. The molecule has 3 heterocycles. The van der Waals surface area contributed by atoms with Crippen LogP contribution in [0.4, 0.5) is 0 Å². The number of benzene rings is 7. The predicted octanol–water partition coefficient (Wildman–Crippen LogP) is 12.0. The van der Waals surface area contributed by atoms with E-state index in [1.807, 2.05) is 36.0 Å². The van der Waals surface area contributed by atoms with E-state index in [2.05, 4.69) is 156 Å². The SMILES string of the molecule is c1ccc(-c2ccc(-c3nc(-c4ccccc4)nc(-c4cccc(-n5c6ccccc6c6c7c(ccc65)CC(c5ccccc5)S7)c4)n3)cc2)cc1. The molecule has 4 nitrogen and oxygen atoms in total. The van der Waals surface area contributed by atoms with Crippen LogP contribution in [0.25, 0.3) is 72.8 Å². The highest BCUT2D eigenvalue weighted by Gasteiger charge is 2.28. The molecule has 5 heteroatoms. The Labute approximate surface area is 306 Å². The normalized spacial score (nSPS) is 13.8. The number of fused-ring (bicyclic) bond motifs is 5. The minimum atomic E-state index is 0.415. The Morgan fingerprint density at radius 2 is 1.02 bits per heavy atom. The van der Waals surface area contributed by atoms with E-state index in [0.29, 0.717) is 22.7 Å². The van der Waals surface area contributed by atoms with Gasteiger partial charge in [-0.25, -0.2) is 15.0 Å². The Balaban J connectivity index is 1.09. The molecular formula is C47H32N4S. The van der Waals surface area contributed by atoms with Crippen molar-refractivity contribution in [1.29, 1.82) is 0 Å². The van der Waals surface area contributed by atoms with Crippen LogP contribution in [0.3, 0.4) is 0 Å². The van der Waals surface area contributed by atoms with Gasteiger partial charge in [0.15, 0.2) is 17.5 Å². The van der Waals surface area contributed by atoms with Gasteiger partial charge in [0.2, 0.25) is 0 Å². The van der Waals surface area contributed by atoms with Crippen molar-refractivity contribution in [3.05, 3.63) is 187 Å². The van der Waals surface area contributed by atoms with Gasteiger partial charge in [0.1, 0.15) is 0 Å². The van der Waals surface area contributed by atoms with Gasteiger partial charge in [-0.3, -0.25) is 0 Å². The number of thioether (sulfide) groups is 1. The number of nitrogens with zero attached hydrogens (tertiary/aromatic N) is 4. The van der Waals surface area contributed by atoms with E-state index in [1.165, 1.54) is 43.4 Å². The number of para-hydroxylation sites is 1. The van der Waals surface area contributed by atoms with E-state index in [0.717, 1.165) is 34.4 Å². The first kappa shape index (κ1) is 30.5. The molecule has 246 valence electrons. The van der Waals surface area contributed by atoms with Gasteiger partial charge < -0.3 is 4.57 Å². The summed E-state index contributed by atoms with van der Waals surface area (Å²) in [5, 5.41) is 3.02.